The molecule has 94 valence electrons. The summed E-state index contributed by atoms with van der Waals surface area (Å²) in [5.74, 6) is 0. The molecule has 1 aromatic carbocycles. The molecule has 0 aromatic heterocycles. The van der Waals surface area contributed by atoms with Gasteiger partial charge < -0.3 is 0 Å². The van der Waals surface area contributed by atoms with E-state index in [1.54, 1.807) is 0 Å². The maximum absolute atomic E-state index is 12.4. The van der Waals surface area contributed by atoms with Crippen LogP contribution in [0.5, 0.6) is 0 Å². The van der Waals surface area contributed by atoms with Crippen LogP contribution in [0.25, 0.3) is 0 Å². The van der Waals surface area contributed by atoms with Crippen LogP contribution in [0, 0.1) is 0 Å². The van der Waals surface area contributed by atoms with Gasteiger partial charge in [0.1, 0.15) is 0 Å². The van der Waals surface area contributed by atoms with Crippen molar-refractivity contribution in [1.29, 1.82) is 0 Å². The highest BCUT2D eigenvalue weighted by molar-refractivity contribution is 6.33. The molecule has 1 nitrogen and oxygen atoms in total. The summed E-state index contributed by atoms with van der Waals surface area (Å²) in [5, 5.41) is -0.680. The third-order valence-electron chi connectivity index (χ3n) is 1.87. The number of carbonyl (C=O) groups is 1. The first-order valence-electron chi connectivity index (χ1n) is 4.00. The normalized spacial score (nSPS) is 12.6. The van der Waals surface area contributed by atoms with Crippen LogP contribution < -0.4 is 0 Å². The highest BCUT2D eigenvalue weighted by atomic mass is 35.5. The zero-order valence-electron chi connectivity index (χ0n) is 7.79. The number of alkyl halides is 6. The van der Waals surface area contributed by atoms with Gasteiger partial charge in [-0.1, -0.05) is 11.6 Å². The number of hydrogen-bond donors (Lipinski definition) is 0. The summed E-state index contributed by atoms with van der Waals surface area (Å²) in [7, 11) is 0. The van der Waals surface area contributed by atoms with Crippen LogP contribution in [0.4, 0.5) is 26.3 Å². The molecule has 0 unspecified atom stereocenters. The maximum atomic E-state index is 12.4. The van der Waals surface area contributed by atoms with Gasteiger partial charge in [0, 0.05) is 5.56 Å². The molecule has 0 saturated heterocycles. The van der Waals surface area contributed by atoms with Crippen molar-refractivity contribution in [2.75, 3.05) is 0 Å². The van der Waals surface area contributed by atoms with Gasteiger partial charge in [-0.15, -0.1) is 0 Å². The molecule has 0 spiro atoms. The molecule has 0 radical (unpaired) electrons. The van der Waals surface area contributed by atoms with Gasteiger partial charge in [-0.25, -0.2) is 0 Å². The molecule has 1 rings (SSSR count). The highest BCUT2D eigenvalue weighted by Gasteiger charge is 2.43. The minimum absolute atomic E-state index is 0.0439. The summed E-state index contributed by atoms with van der Waals surface area (Å²) >= 11 is 5.26. The van der Waals surface area contributed by atoms with Crippen LogP contribution in [0.1, 0.15) is 21.5 Å². The summed E-state index contributed by atoms with van der Waals surface area (Å²) in [6.45, 7) is 0. The standard InChI is InChI=1S/C9H3ClF6O/c10-7-2-6(9(14,15)16)5(8(11,12)13)1-4(7)3-17/h1-3H. The van der Waals surface area contributed by atoms with E-state index in [0.29, 0.717) is 0 Å². The van der Waals surface area contributed by atoms with Crippen LogP contribution in [0.15, 0.2) is 12.1 Å². The van der Waals surface area contributed by atoms with Gasteiger partial charge in [-0.05, 0) is 12.1 Å². The second-order valence-electron chi connectivity index (χ2n) is 3.03. The Balaban J connectivity index is 3.59. The summed E-state index contributed by atoms with van der Waals surface area (Å²) in [4.78, 5) is 10.3. The maximum Gasteiger partial charge on any atom is 0.417 e. The molecule has 1 aromatic rings. The zero-order chi connectivity index (χ0) is 13.4. The van der Waals surface area contributed by atoms with E-state index in [1.165, 1.54) is 0 Å². The Bertz CT molecular complexity index is 448. The minimum Gasteiger partial charge on any atom is -0.298 e. The van der Waals surface area contributed by atoms with Gasteiger partial charge in [-0.3, -0.25) is 4.79 Å². The predicted octanol–water partition coefficient (Wildman–Crippen LogP) is 4.19. The van der Waals surface area contributed by atoms with Crippen LogP contribution in [0.2, 0.25) is 5.02 Å². The number of aldehydes is 1. The van der Waals surface area contributed by atoms with Gasteiger partial charge in [0.25, 0.3) is 0 Å². The lowest BCUT2D eigenvalue weighted by atomic mass is 10.0. The van der Waals surface area contributed by atoms with Crippen LogP contribution >= 0.6 is 11.6 Å². The van der Waals surface area contributed by atoms with Gasteiger partial charge in [-0.2, -0.15) is 26.3 Å². The third-order valence-corrected chi connectivity index (χ3v) is 2.20. The lowest BCUT2D eigenvalue weighted by molar-refractivity contribution is -0.162. The van der Waals surface area contributed by atoms with Gasteiger partial charge >= 0.3 is 12.4 Å². The smallest absolute Gasteiger partial charge is 0.298 e. The Morgan fingerprint density at radius 3 is 1.71 bits per heavy atom. The van der Waals surface area contributed by atoms with Crippen molar-refractivity contribution in [1.82, 2.24) is 0 Å². The van der Waals surface area contributed by atoms with Crippen molar-refractivity contribution in [2.45, 2.75) is 12.4 Å². The lowest BCUT2D eigenvalue weighted by Gasteiger charge is -2.16. The summed E-state index contributed by atoms with van der Waals surface area (Å²) < 4.78 is 74.1. The SMILES string of the molecule is O=Cc1cc(C(F)(F)F)c(C(F)(F)F)cc1Cl. The Kier molecular flexibility index (Phi) is 3.42. The van der Waals surface area contributed by atoms with Crippen LogP contribution in [-0.4, -0.2) is 6.29 Å². The average molecular weight is 277 g/mol. The minimum atomic E-state index is -5.22. The molecule has 0 aliphatic heterocycles. The van der Waals surface area contributed by atoms with E-state index >= 15 is 0 Å². The molecule has 0 N–H and O–H groups in total. The Labute approximate surface area is 96.0 Å². The Morgan fingerprint density at radius 1 is 0.941 bits per heavy atom. The molecular weight excluding hydrogens is 274 g/mol. The number of benzene rings is 1. The van der Waals surface area contributed by atoms with Crippen molar-refractivity contribution in [3.63, 3.8) is 0 Å². The van der Waals surface area contributed by atoms with E-state index in [4.69, 9.17) is 11.6 Å². The van der Waals surface area contributed by atoms with Crippen molar-refractivity contribution in [3.05, 3.63) is 33.8 Å². The largest absolute Gasteiger partial charge is 0.417 e. The van der Waals surface area contributed by atoms with E-state index in [1.807, 2.05) is 0 Å². The van der Waals surface area contributed by atoms with E-state index in [-0.39, 0.29) is 18.4 Å². The zero-order valence-corrected chi connectivity index (χ0v) is 8.54. The molecule has 0 atom stereocenters. The van der Waals surface area contributed by atoms with E-state index in [9.17, 15) is 31.1 Å². The molecule has 8 heteroatoms. The lowest BCUT2D eigenvalue weighted by Crippen LogP contribution is -2.17. The first-order chi connectivity index (χ1) is 7.57. The molecule has 0 bridgehead atoms. The van der Waals surface area contributed by atoms with Crippen molar-refractivity contribution >= 4 is 17.9 Å². The molecule has 0 aliphatic carbocycles. The summed E-state index contributed by atoms with van der Waals surface area (Å²) in [5.41, 5.74) is -4.50. The molecule has 0 amide bonds. The van der Waals surface area contributed by atoms with Crippen molar-refractivity contribution in [2.24, 2.45) is 0 Å². The quantitative estimate of drug-likeness (QED) is 0.555. The molecule has 0 aliphatic rings. The second-order valence-corrected chi connectivity index (χ2v) is 3.44. The fourth-order valence-electron chi connectivity index (χ4n) is 1.15. The predicted molar refractivity (Wildman–Crippen MR) is 46.8 cm³/mol. The fraction of sp³-hybridized carbons (Fsp3) is 0.222. The van der Waals surface area contributed by atoms with E-state index in [0.717, 1.165) is 0 Å². The van der Waals surface area contributed by atoms with Gasteiger partial charge in [0.05, 0.1) is 16.1 Å². The van der Waals surface area contributed by atoms with Crippen molar-refractivity contribution < 1.29 is 31.1 Å². The topological polar surface area (TPSA) is 17.1 Å². The summed E-state index contributed by atoms with van der Waals surface area (Å²) in [6, 6.07) is 0.173. The van der Waals surface area contributed by atoms with E-state index < -0.39 is 34.1 Å². The highest BCUT2D eigenvalue weighted by Crippen LogP contribution is 2.42. The number of carbonyl (C=O) groups excluding carboxylic acids is 1. The Hall–Kier alpha value is -1.24. The fourth-order valence-corrected chi connectivity index (χ4v) is 1.36. The number of rotatable bonds is 1. The summed E-state index contributed by atoms with van der Waals surface area (Å²) in [6.07, 6.45) is -10.5. The monoisotopic (exact) mass is 276 g/mol. The van der Waals surface area contributed by atoms with E-state index in [2.05, 4.69) is 0 Å². The molecule has 0 heterocycles. The number of halogens is 7. The average Bonchev–Trinajstić information content (AvgIpc) is 2.14. The first-order valence-corrected chi connectivity index (χ1v) is 4.38. The van der Waals surface area contributed by atoms with Gasteiger partial charge in [0.15, 0.2) is 6.29 Å². The number of hydrogen-bond acceptors (Lipinski definition) is 1. The molecule has 17 heavy (non-hydrogen) atoms. The first kappa shape index (κ1) is 13.8. The Morgan fingerprint density at radius 2 is 1.35 bits per heavy atom. The molecular formula is C9H3ClF6O. The van der Waals surface area contributed by atoms with Gasteiger partial charge in [0.2, 0.25) is 0 Å². The second kappa shape index (κ2) is 4.21. The third kappa shape index (κ3) is 2.91. The molecule has 0 fully saturated rings. The molecule has 0 saturated carbocycles. The van der Waals surface area contributed by atoms with Crippen LogP contribution in [-0.2, 0) is 12.4 Å². The van der Waals surface area contributed by atoms with Crippen LogP contribution in [0.3, 0.4) is 0 Å². The van der Waals surface area contributed by atoms with Crippen molar-refractivity contribution in [3.8, 4) is 0 Å².